The Kier molecular flexibility index (Phi) is 4.40. The Morgan fingerprint density at radius 2 is 1.76 bits per heavy atom. The van der Waals surface area contributed by atoms with Crippen molar-refractivity contribution in [2.24, 2.45) is 5.92 Å². The van der Waals surface area contributed by atoms with Crippen LogP contribution < -0.4 is 10.1 Å². The van der Waals surface area contributed by atoms with Crippen LogP contribution in [0.4, 0.5) is 13.2 Å². The highest BCUT2D eigenvalue weighted by molar-refractivity contribution is 5.36. The van der Waals surface area contributed by atoms with Gasteiger partial charge in [-0.1, -0.05) is 32.0 Å². The quantitative estimate of drug-likeness (QED) is 0.879. The molecule has 0 fully saturated rings. The Balaban J connectivity index is 3.06. The summed E-state index contributed by atoms with van der Waals surface area (Å²) in [5, 5.41) is 3.00. The summed E-state index contributed by atoms with van der Waals surface area (Å²) in [4.78, 5) is 0. The molecule has 0 amide bonds. The molecule has 0 saturated heterocycles. The average molecular weight is 247 g/mol. The lowest BCUT2D eigenvalue weighted by Gasteiger charge is -2.23. The van der Waals surface area contributed by atoms with Crippen molar-refractivity contribution in [3.63, 3.8) is 0 Å². The van der Waals surface area contributed by atoms with Crippen LogP contribution in [-0.2, 0) is 0 Å². The molecule has 1 aromatic carbocycles. The fourth-order valence-electron chi connectivity index (χ4n) is 1.80. The van der Waals surface area contributed by atoms with E-state index in [2.05, 4.69) is 10.1 Å². The molecule has 1 rings (SSSR count). The lowest BCUT2D eigenvalue weighted by Crippen LogP contribution is -2.24. The topological polar surface area (TPSA) is 21.3 Å². The molecule has 0 aliphatic carbocycles. The molecule has 0 aliphatic rings. The van der Waals surface area contributed by atoms with Gasteiger partial charge in [-0.05, 0) is 19.0 Å². The van der Waals surface area contributed by atoms with Gasteiger partial charge in [0.05, 0.1) is 0 Å². The van der Waals surface area contributed by atoms with Gasteiger partial charge < -0.3 is 10.1 Å². The van der Waals surface area contributed by atoms with E-state index in [1.807, 2.05) is 13.8 Å². The smallest absolute Gasteiger partial charge is 0.405 e. The molecule has 0 bridgehead atoms. The van der Waals surface area contributed by atoms with Crippen LogP contribution in [0.2, 0.25) is 0 Å². The van der Waals surface area contributed by atoms with E-state index in [9.17, 15) is 13.2 Å². The normalized spacial score (nSPS) is 13.8. The SMILES string of the molecule is CNC(c1ccccc1OC(F)(F)F)C(C)C. The predicted molar refractivity (Wildman–Crippen MR) is 59.8 cm³/mol. The number of ether oxygens (including phenoxy) is 1. The first-order valence-electron chi connectivity index (χ1n) is 5.37. The maximum Gasteiger partial charge on any atom is 0.573 e. The molecule has 0 aliphatic heterocycles. The second-order valence-electron chi connectivity index (χ2n) is 4.10. The predicted octanol–water partition coefficient (Wildman–Crippen LogP) is 3.50. The number of nitrogens with one attached hydrogen (secondary N) is 1. The highest BCUT2D eigenvalue weighted by atomic mass is 19.4. The third-order valence-electron chi connectivity index (χ3n) is 2.46. The minimum absolute atomic E-state index is 0.145. The van der Waals surface area contributed by atoms with Crippen LogP contribution in [0.1, 0.15) is 25.5 Å². The van der Waals surface area contributed by atoms with Crippen molar-refractivity contribution in [3.8, 4) is 5.75 Å². The molecule has 0 spiro atoms. The lowest BCUT2D eigenvalue weighted by atomic mass is 9.95. The molecule has 17 heavy (non-hydrogen) atoms. The highest BCUT2D eigenvalue weighted by Crippen LogP contribution is 2.33. The molecule has 1 N–H and O–H groups in total. The van der Waals surface area contributed by atoms with Crippen molar-refractivity contribution < 1.29 is 17.9 Å². The number of rotatable bonds is 4. The maximum atomic E-state index is 12.2. The zero-order valence-electron chi connectivity index (χ0n) is 10.0. The van der Waals surface area contributed by atoms with Gasteiger partial charge in [0.2, 0.25) is 0 Å². The van der Waals surface area contributed by atoms with E-state index in [4.69, 9.17) is 0 Å². The minimum Gasteiger partial charge on any atom is -0.405 e. The molecule has 0 saturated carbocycles. The molecule has 0 radical (unpaired) electrons. The van der Waals surface area contributed by atoms with Gasteiger partial charge in [0.15, 0.2) is 0 Å². The molecule has 0 heterocycles. The molecule has 96 valence electrons. The van der Waals surface area contributed by atoms with E-state index >= 15 is 0 Å². The summed E-state index contributed by atoms with van der Waals surface area (Å²) in [7, 11) is 1.72. The molecule has 2 nitrogen and oxygen atoms in total. The van der Waals surface area contributed by atoms with Crippen molar-refractivity contribution in [3.05, 3.63) is 29.8 Å². The summed E-state index contributed by atoms with van der Waals surface area (Å²) < 4.78 is 40.8. The summed E-state index contributed by atoms with van der Waals surface area (Å²) in [6, 6.07) is 6.02. The van der Waals surface area contributed by atoms with E-state index in [-0.39, 0.29) is 17.7 Å². The fourth-order valence-corrected chi connectivity index (χ4v) is 1.80. The number of halogens is 3. The third kappa shape index (κ3) is 3.93. The van der Waals surface area contributed by atoms with Gasteiger partial charge in [-0.25, -0.2) is 0 Å². The Morgan fingerprint density at radius 1 is 1.18 bits per heavy atom. The van der Waals surface area contributed by atoms with Crippen LogP contribution in [0, 0.1) is 5.92 Å². The third-order valence-corrected chi connectivity index (χ3v) is 2.46. The van der Waals surface area contributed by atoms with E-state index < -0.39 is 6.36 Å². The van der Waals surface area contributed by atoms with Crippen molar-refractivity contribution in [2.75, 3.05) is 7.05 Å². The van der Waals surface area contributed by atoms with Gasteiger partial charge in [0.1, 0.15) is 5.75 Å². The van der Waals surface area contributed by atoms with Crippen molar-refractivity contribution in [2.45, 2.75) is 26.3 Å². The van der Waals surface area contributed by atoms with Crippen molar-refractivity contribution >= 4 is 0 Å². The highest BCUT2D eigenvalue weighted by Gasteiger charge is 2.33. The number of para-hydroxylation sites is 1. The molecule has 1 atom stereocenters. The minimum atomic E-state index is -4.66. The maximum absolute atomic E-state index is 12.2. The van der Waals surface area contributed by atoms with E-state index in [1.54, 1.807) is 19.2 Å². The number of benzene rings is 1. The Morgan fingerprint density at radius 3 is 2.24 bits per heavy atom. The van der Waals surface area contributed by atoms with Gasteiger partial charge >= 0.3 is 6.36 Å². The molecular weight excluding hydrogens is 231 g/mol. The van der Waals surface area contributed by atoms with Crippen LogP contribution in [-0.4, -0.2) is 13.4 Å². The molecular formula is C12H16F3NO. The Bertz CT molecular complexity index is 363. The van der Waals surface area contributed by atoms with Crippen LogP contribution in [0.5, 0.6) is 5.75 Å². The standard InChI is InChI=1S/C12H16F3NO/c1-8(2)11(16-3)9-6-4-5-7-10(9)17-12(13,14)15/h4-8,11,16H,1-3H3. The van der Waals surface area contributed by atoms with E-state index in [0.29, 0.717) is 5.56 Å². The fraction of sp³-hybridized carbons (Fsp3) is 0.500. The molecule has 1 unspecified atom stereocenters. The summed E-state index contributed by atoms with van der Waals surface area (Å²) in [5.41, 5.74) is 0.516. The Labute approximate surface area is 98.8 Å². The van der Waals surface area contributed by atoms with Crippen molar-refractivity contribution in [1.29, 1.82) is 0 Å². The number of hydrogen-bond acceptors (Lipinski definition) is 2. The zero-order chi connectivity index (χ0) is 13.1. The van der Waals surface area contributed by atoms with Crippen LogP contribution in [0.25, 0.3) is 0 Å². The first kappa shape index (κ1) is 13.8. The second kappa shape index (κ2) is 5.40. The lowest BCUT2D eigenvalue weighted by molar-refractivity contribution is -0.275. The van der Waals surface area contributed by atoms with E-state index in [0.717, 1.165) is 0 Å². The monoisotopic (exact) mass is 247 g/mol. The molecule has 5 heteroatoms. The van der Waals surface area contributed by atoms with Crippen LogP contribution in [0.3, 0.4) is 0 Å². The molecule has 0 aromatic heterocycles. The number of hydrogen-bond donors (Lipinski definition) is 1. The van der Waals surface area contributed by atoms with E-state index in [1.165, 1.54) is 12.1 Å². The summed E-state index contributed by atoms with van der Waals surface area (Å²) >= 11 is 0. The first-order valence-corrected chi connectivity index (χ1v) is 5.37. The second-order valence-corrected chi connectivity index (χ2v) is 4.10. The zero-order valence-corrected chi connectivity index (χ0v) is 10.0. The summed E-state index contributed by atoms with van der Waals surface area (Å²) in [6.07, 6.45) is -4.66. The average Bonchev–Trinajstić information content (AvgIpc) is 2.18. The van der Waals surface area contributed by atoms with Crippen LogP contribution >= 0.6 is 0 Å². The Hall–Kier alpha value is -1.23. The van der Waals surface area contributed by atoms with Crippen molar-refractivity contribution in [1.82, 2.24) is 5.32 Å². The largest absolute Gasteiger partial charge is 0.573 e. The molecule has 1 aromatic rings. The summed E-state index contributed by atoms with van der Waals surface area (Å²) in [6.45, 7) is 3.87. The van der Waals surface area contributed by atoms with Gasteiger partial charge in [-0.15, -0.1) is 13.2 Å². The summed E-state index contributed by atoms with van der Waals surface area (Å²) in [5.74, 6) is 0.0195. The van der Waals surface area contributed by atoms with Gasteiger partial charge in [-0.2, -0.15) is 0 Å². The van der Waals surface area contributed by atoms with Gasteiger partial charge in [0.25, 0.3) is 0 Å². The van der Waals surface area contributed by atoms with Gasteiger partial charge in [-0.3, -0.25) is 0 Å². The first-order chi connectivity index (χ1) is 7.85. The van der Waals surface area contributed by atoms with Crippen LogP contribution in [0.15, 0.2) is 24.3 Å². The van der Waals surface area contributed by atoms with Gasteiger partial charge in [0, 0.05) is 11.6 Å². The number of alkyl halides is 3.